The number of amides is 2. The Kier molecular flexibility index (Phi) is 10.8. The largest absolute Gasteiger partial charge is 0.497 e. The molecule has 8 nitrogen and oxygen atoms in total. The predicted molar refractivity (Wildman–Crippen MR) is 144 cm³/mol. The summed E-state index contributed by atoms with van der Waals surface area (Å²) >= 11 is 0. The average molecular weight is 518 g/mol. The first-order valence-corrected chi connectivity index (χ1v) is 14.1. The molecule has 0 aliphatic rings. The summed E-state index contributed by atoms with van der Waals surface area (Å²) in [4.78, 5) is 28.0. The van der Waals surface area contributed by atoms with Gasteiger partial charge in [0.2, 0.25) is 21.8 Å². The van der Waals surface area contributed by atoms with Crippen LogP contribution in [0.4, 0.5) is 5.69 Å². The van der Waals surface area contributed by atoms with E-state index in [1.54, 1.807) is 36.3 Å². The van der Waals surface area contributed by atoms with Gasteiger partial charge in [-0.25, -0.2) is 8.42 Å². The molecule has 0 saturated heterocycles. The maximum atomic E-state index is 13.4. The van der Waals surface area contributed by atoms with Crippen LogP contribution in [0.2, 0.25) is 0 Å². The van der Waals surface area contributed by atoms with Crippen molar-refractivity contribution in [1.29, 1.82) is 0 Å². The molecule has 9 heteroatoms. The number of sulfonamides is 1. The number of rotatable bonds is 13. The van der Waals surface area contributed by atoms with E-state index < -0.39 is 16.1 Å². The zero-order valence-corrected chi connectivity index (χ0v) is 23.0. The Morgan fingerprint density at radius 1 is 1.08 bits per heavy atom. The van der Waals surface area contributed by atoms with E-state index in [1.165, 1.54) is 4.31 Å². The topological polar surface area (TPSA) is 96.0 Å². The second-order valence-electron chi connectivity index (χ2n) is 9.23. The molecule has 198 valence electrons. The lowest BCUT2D eigenvalue weighted by atomic mass is 10.1. The van der Waals surface area contributed by atoms with E-state index >= 15 is 0 Å². The second kappa shape index (κ2) is 13.3. The summed E-state index contributed by atoms with van der Waals surface area (Å²) in [6.07, 6.45) is 2.04. The van der Waals surface area contributed by atoms with Crippen molar-refractivity contribution in [2.45, 2.75) is 65.6 Å². The number of nitrogens with zero attached hydrogens (tertiary/aromatic N) is 2. The monoisotopic (exact) mass is 517 g/mol. The zero-order chi connectivity index (χ0) is 26.9. The van der Waals surface area contributed by atoms with Gasteiger partial charge < -0.3 is 15.0 Å². The van der Waals surface area contributed by atoms with Crippen molar-refractivity contribution in [2.75, 3.05) is 24.2 Å². The van der Waals surface area contributed by atoms with Gasteiger partial charge in [-0.3, -0.25) is 13.9 Å². The molecule has 0 saturated carbocycles. The molecule has 2 aromatic carbocycles. The van der Waals surface area contributed by atoms with Crippen LogP contribution in [0.25, 0.3) is 0 Å². The number of hydrogen-bond acceptors (Lipinski definition) is 5. The summed E-state index contributed by atoms with van der Waals surface area (Å²) in [7, 11) is -2.01. The van der Waals surface area contributed by atoms with E-state index in [9.17, 15) is 18.0 Å². The fourth-order valence-electron chi connectivity index (χ4n) is 4.06. The highest BCUT2D eigenvalue weighted by molar-refractivity contribution is 7.92. The van der Waals surface area contributed by atoms with Gasteiger partial charge in [-0.05, 0) is 63.4 Å². The van der Waals surface area contributed by atoms with E-state index in [2.05, 4.69) is 5.32 Å². The van der Waals surface area contributed by atoms with Crippen molar-refractivity contribution in [3.8, 4) is 5.75 Å². The number of hydrogen-bond donors (Lipinski definition) is 1. The maximum Gasteiger partial charge on any atom is 0.243 e. The minimum atomic E-state index is -3.55. The lowest BCUT2D eigenvalue weighted by Crippen LogP contribution is -2.50. The second-order valence-corrected chi connectivity index (χ2v) is 11.1. The van der Waals surface area contributed by atoms with Crippen LogP contribution in [-0.4, -0.2) is 57.1 Å². The molecule has 0 fully saturated rings. The summed E-state index contributed by atoms with van der Waals surface area (Å²) in [6.45, 7) is 8.09. The predicted octanol–water partition coefficient (Wildman–Crippen LogP) is 3.88. The summed E-state index contributed by atoms with van der Waals surface area (Å²) in [5.74, 6) is 0.245. The molecule has 0 radical (unpaired) electrons. The summed E-state index contributed by atoms with van der Waals surface area (Å²) < 4.78 is 31.4. The summed E-state index contributed by atoms with van der Waals surface area (Å²) in [5, 5.41) is 2.92. The van der Waals surface area contributed by atoms with E-state index in [0.717, 1.165) is 17.4 Å². The van der Waals surface area contributed by atoms with E-state index in [1.807, 2.05) is 52.0 Å². The fraction of sp³-hybridized carbons (Fsp3) is 0.481. The molecule has 0 spiro atoms. The summed E-state index contributed by atoms with van der Waals surface area (Å²) in [6, 6.07) is 13.9. The third-order valence-electron chi connectivity index (χ3n) is 5.76. The van der Waals surface area contributed by atoms with E-state index in [-0.39, 0.29) is 30.8 Å². The number of aryl methyl sites for hydroxylation is 1. The molecular formula is C27H39N3O5S. The zero-order valence-electron chi connectivity index (χ0n) is 22.2. The smallest absolute Gasteiger partial charge is 0.243 e. The molecule has 0 bridgehead atoms. The summed E-state index contributed by atoms with van der Waals surface area (Å²) in [5.41, 5.74) is 2.52. The van der Waals surface area contributed by atoms with E-state index in [4.69, 9.17) is 4.74 Å². The molecule has 0 aromatic heterocycles. The molecule has 36 heavy (non-hydrogen) atoms. The molecule has 0 aliphatic carbocycles. The Balaban J connectivity index is 2.21. The Hall–Kier alpha value is -3.07. The minimum absolute atomic E-state index is 0.0460. The van der Waals surface area contributed by atoms with Gasteiger partial charge in [-0.1, -0.05) is 36.8 Å². The molecule has 2 aromatic rings. The number of methoxy groups -OCH3 is 1. The van der Waals surface area contributed by atoms with Gasteiger partial charge in [-0.15, -0.1) is 0 Å². The van der Waals surface area contributed by atoms with Gasteiger partial charge in [0.05, 0.1) is 19.1 Å². The van der Waals surface area contributed by atoms with Crippen LogP contribution in [0.3, 0.4) is 0 Å². The van der Waals surface area contributed by atoms with Gasteiger partial charge in [-0.2, -0.15) is 0 Å². The SMILES string of the molecule is CC[C@@H](C(=O)NC(C)C)N(Cc1cccc(C)c1)C(=O)CCCN(c1ccc(OC)cc1)S(C)(=O)=O. The molecule has 1 N–H and O–H groups in total. The highest BCUT2D eigenvalue weighted by atomic mass is 32.2. The Morgan fingerprint density at radius 2 is 1.75 bits per heavy atom. The van der Waals surface area contributed by atoms with Gasteiger partial charge in [0, 0.05) is 25.6 Å². The van der Waals surface area contributed by atoms with Crippen LogP contribution in [0.1, 0.15) is 51.2 Å². The molecule has 1 atom stereocenters. The van der Waals surface area contributed by atoms with Crippen LogP contribution < -0.4 is 14.4 Å². The number of anilines is 1. The fourth-order valence-corrected chi connectivity index (χ4v) is 5.03. The van der Waals surface area contributed by atoms with Crippen molar-refractivity contribution in [3.05, 3.63) is 59.7 Å². The van der Waals surface area contributed by atoms with Crippen molar-refractivity contribution in [2.24, 2.45) is 0 Å². The molecular weight excluding hydrogens is 478 g/mol. The third kappa shape index (κ3) is 8.55. The highest BCUT2D eigenvalue weighted by Gasteiger charge is 2.29. The Morgan fingerprint density at radius 3 is 2.28 bits per heavy atom. The van der Waals surface area contributed by atoms with Crippen molar-refractivity contribution in [1.82, 2.24) is 10.2 Å². The quantitative estimate of drug-likeness (QED) is 0.435. The first-order valence-electron chi connectivity index (χ1n) is 12.2. The van der Waals surface area contributed by atoms with Crippen molar-refractivity contribution >= 4 is 27.5 Å². The molecule has 0 heterocycles. The lowest BCUT2D eigenvalue weighted by molar-refractivity contribution is -0.141. The van der Waals surface area contributed by atoms with Crippen molar-refractivity contribution in [3.63, 3.8) is 0 Å². The van der Waals surface area contributed by atoms with Crippen LogP contribution in [0.5, 0.6) is 5.75 Å². The van der Waals surface area contributed by atoms with Crippen LogP contribution in [0, 0.1) is 6.92 Å². The number of ether oxygens (including phenoxy) is 1. The van der Waals surface area contributed by atoms with Crippen molar-refractivity contribution < 1.29 is 22.7 Å². The first kappa shape index (κ1) is 29.2. The van der Waals surface area contributed by atoms with Gasteiger partial charge in [0.1, 0.15) is 11.8 Å². The molecule has 2 amide bonds. The van der Waals surface area contributed by atoms with Crippen LogP contribution in [0.15, 0.2) is 48.5 Å². The third-order valence-corrected chi connectivity index (χ3v) is 6.96. The molecule has 2 rings (SSSR count). The van der Waals surface area contributed by atoms with Crippen LogP contribution >= 0.6 is 0 Å². The first-order chi connectivity index (χ1) is 17.0. The minimum Gasteiger partial charge on any atom is -0.497 e. The normalized spacial score (nSPS) is 12.2. The van der Waals surface area contributed by atoms with Gasteiger partial charge in [0.15, 0.2) is 0 Å². The van der Waals surface area contributed by atoms with Gasteiger partial charge >= 0.3 is 0 Å². The molecule has 0 aliphatic heterocycles. The number of carbonyl (C=O) groups excluding carboxylic acids is 2. The van der Waals surface area contributed by atoms with E-state index in [0.29, 0.717) is 30.8 Å². The Bertz CT molecular complexity index is 1120. The Labute approximate surface area is 215 Å². The lowest BCUT2D eigenvalue weighted by Gasteiger charge is -2.31. The number of benzene rings is 2. The van der Waals surface area contributed by atoms with Crippen LogP contribution in [-0.2, 0) is 26.2 Å². The highest BCUT2D eigenvalue weighted by Crippen LogP contribution is 2.22. The maximum absolute atomic E-state index is 13.4. The standard InChI is InChI=1S/C27H39N3O5S/c1-7-25(27(32)28-20(2)3)29(19-22-11-8-10-21(4)18-22)26(31)12-9-17-30(36(6,33)34)23-13-15-24(35-5)16-14-23/h8,10-11,13-16,18,20,25H,7,9,12,17,19H2,1-6H3,(H,28,32)/t25-/m0/s1. The van der Waals surface area contributed by atoms with Gasteiger partial charge in [0.25, 0.3) is 0 Å². The number of carbonyl (C=O) groups is 2. The molecule has 0 unspecified atom stereocenters. The average Bonchev–Trinajstić information content (AvgIpc) is 2.80. The number of nitrogens with one attached hydrogen (secondary N) is 1.